The molecule has 0 radical (unpaired) electrons. The van der Waals surface area contributed by atoms with Crippen LogP contribution in [0.2, 0.25) is 0 Å². The van der Waals surface area contributed by atoms with Crippen molar-refractivity contribution in [2.45, 2.75) is 33.6 Å². The fourth-order valence-electron chi connectivity index (χ4n) is 1.97. The topological polar surface area (TPSA) is 12.5 Å². The number of rotatable bonds is 3. The van der Waals surface area contributed by atoms with E-state index in [4.69, 9.17) is 0 Å². The van der Waals surface area contributed by atoms with Gasteiger partial charge in [0.05, 0.1) is 0 Å². The van der Waals surface area contributed by atoms with Gasteiger partial charge in [0.25, 0.3) is 0 Å². The van der Waals surface area contributed by atoms with E-state index < -0.39 is 0 Å². The number of hydrogen-bond acceptors (Lipinski definition) is 2. The van der Waals surface area contributed by atoms with Crippen LogP contribution in [0.4, 0.5) is 0 Å². The zero-order chi connectivity index (χ0) is 13.3. The van der Waals surface area contributed by atoms with Gasteiger partial charge in [-0.15, -0.1) is 0 Å². The first kappa shape index (κ1) is 16.4. The lowest BCUT2D eigenvalue weighted by molar-refractivity contribution is 0.215. The highest BCUT2D eigenvalue weighted by atomic mass is 16.5. The van der Waals surface area contributed by atoms with Crippen molar-refractivity contribution in [1.29, 1.82) is 0 Å². The molecule has 1 saturated heterocycles. The Kier molecular flexibility index (Phi) is 9.10. The number of nitrogens with zero attached hydrogens (tertiary/aromatic N) is 1. The van der Waals surface area contributed by atoms with Crippen molar-refractivity contribution in [2.75, 3.05) is 33.9 Å². The van der Waals surface area contributed by atoms with Crippen LogP contribution in [0.25, 0.3) is 0 Å². The Bertz CT molecular complexity index is 235. The summed E-state index contributed by atoms with van der Waals surface area (Å²) in [6.07, 6.45) is 4.86. The second-order valence-electron chi connectivity index (χ2n) is 4.89. The highest BCUT2D eigenvalue weighted by Gasteiger charge is 2.17. The minimum atomic E-state index is 0.799. The minimum Gasteiger partial charge on any atom is -0.385 e. The van der Waals surface area contributed by atoms with Gasteiger partial charge in [-0.2, -0.15) is 0 Å². The summed E-state index contributed by atoms with van der Waals surface area (Å²) in [5, 5.41) is 0. The van der Waals surface area contributed by atoms with Gasteiger partial charge in [0, 0.05) is 13.7 Å². The summed E-state index contributed by atoms with van der Waals surface area (Å²) in [4.78, 5) is 2.41. The van der Waals surface area contributed by atoms with Gasteiger partial charge in [-0.05, 0) is 59.7 Å². The van der Waals surface area contributed by atoms with Gasteiger partial charge in [0.15, 0.2) is 0 Å². The molecule has 0 amide bonds. The standard InChI is InChI=1S/C12H21N.C3H8O/c1-10(2)9-11(3)12-5-7-13(4)8-6-12;1-3-4-2/h9,12H,1,5-8H2,2-4H3;3H2,1-2H3/b11-9+;. The van der Waals surface area contributed by atoms with E-state index in [1.807, 2.05) is 6.92 Å². The van der Waals surface area contributed by atoms with Gasteiger partial charge in [0.2, 0.25) is 0 Å². The van der Waals surface area contributed by atoms with Crippen LogP contribution >= 0.6 is 0 Å². The predicted molar refractivity (Wildman–Crippen MR) is 76.3 cm³/mol. The number of methoxy groups -OCH3 is 1. The van der Waals surface area contributed by atoms with Crippen LogP contribution in [0.5, 0.6) is 0 Å². The predicted octanol–water partition coefficient (Wildman–Crippen LogP) is 3.50. The molecule has 0 aromatic heterocycles. The molecule has 1 aliphatic rings. The summed E-state index contributed by atoms with van der Waals surface area (Å²) in [7, 11) is 3.88. The zero-order valence-electron chi connectivity index (χ0n) is 12.3. The normalized spacial score (nSPS) is 18.5. The molecule has 0 saturated carbocycles. The molecule has 1 aliphatic heterocycles. The molecule has 0 aromatic rings. The number of piperidine rings is 1. The maximum absolute atomic E-state index is 4.54. The van der Waals surface area contributed by atoms with Crippen LogP contribution in [-0.2, 0) is 4.74 Å². The molecule has 100 valence electrons. The average molecular weight is 239 g/mol. The molecule has 0 atom stereocenters. The van der Waals surface area contributed by atoms with Crippen molar-refractivity contribution in [3.63, 3.8) is 0 Å². The Labute approximate surface area is 107 Å². The lowest BCUT2D eigenvalue weighted by Crippen LogP contribution is -2.30. The third-order valence-corrected chi connectivity index (χ3v) is 3.13. The van der Waals surface area contributed by atoms with E-state index in [0.29, 0.717) is 0 Å². The van der Waals surface area contributed by atoms with Gasteiger partial charge in [0.1, 0.15) is 0 Å². The Morgan fingerprint density at radius 2 is 1.82 bits per heavy atom. The van der Waals surface area contributed by atoms with Crippen molar-refractivity contribution >= 4 is 0 Å². The third-order valence-electron chi connectivity index (χ3n) is 3.13. The fourth-order valence-corrected chi connectivity index (χ4v) is 1.97. The van der Waals surface area contributed by atoms with E-state index >= 15 is 0 Å². The molecular formula is C15H29NO. The van der Waals surface area contributed by atoms with E-state index in [1.165, 1.54) is 37.1 Å². The monoisotopic (exact) mass is 239 g/mol. The molecular weight excluding hydrogens is 210 g/mol. The molecule has 0 spiro atoms. The van der Waals surface area contributed by atoms with Gasteiger partial charge in [-0.3, -0.25) is 0 Å². The van der Waals surface area contributed by atoms with Crippen LogP contribution in [-0.4, -0.2) is 38.8 Å². The van der Waals surface area contributed by atoms with E-state index in [2.05, 4.69) is 43.2 Å². The van der Waals surface area contributed by atoms with Crippen LogP contribution in [0.15, 0.2) is 23.8 Å². The van der Waals surface area contributed by atoms with Crippen molar-refractivity contribution in [3.05, 3.63) is 23.8 Å². The quantitative estimate of drug-likeness (QED) is 0.699. The fraction of sp³-hybridized carbons (Fsp3) is 0.733. The number of likely N-dealkylation sites (tertiary alicyclic amines) is 1. The highest BCUT2D eigenvalue weighted by molar-refractivity contribution is 5.19. The number of ether oxygens (including phenoxy) is 1. The molecule has 0 unspecified atom stereocenters. The molecule has 2 nitrogen and oxygen atoms in total. The molecule has 0 bridgehead atoms. The molecule has 0 aromatic carbocycles. The zero-order valence-corrected chi connectivity index (χ0v) is 12.3. The summed E-state index contributed by atoms with van der Waals surface area (Å²) in [5.41, 5.74) is 2.69. The summed E-state index contributed by atoms with van der Waals surface area (Å²) < 4.78 is 4.54. The van der Waals surface area contributed by atoms with Crippen LogP contribution in [0, 0.1) is 5.92 Å². The highest BCUT2D eigenvalue weighted by Crippen LogP contribution is 2.24. The third kappa shape index (κ3) is 8.17. The van der Waals surface area contributed by atoms with Crippen molar-refractivity contribution in [2.24, 2.45) is 5.92 Å². The van der Waals surface area contributed by atoms with E-state index in [-0.39, 0.29) is 0 Å². The average Bonchev–Trinajstić information content (AvgIpc) is 2.29. The number of allylic oxidation sites excluding steroid dienone is 3. The molecule has 0 aliphatic carbocycles. The van der Waals surface area contributed by atoms with Crippen molar-refractivity contribution < 1.29 is 4.74 Å². The lowest BCUT2D eigenvalue weighted by atomic mass is 9.89. The van der Waals surface area contributed by atoms with Gasteiger partial charge < -0.3 is 9.64 Å². The first-order valence-electron chi connectivity index (χ1n) is 6.52. The van der Waals surface area contributed by atoms with Crippen LogP contribution < -0.4 is 0 Å². The van der Waals surface area contributed by atoms with Crippen LogP contribution in [0.1, 0.15) is 33.6 Å². The maximum atomic E-state index is 4.54. The Hall–Kier alpha value is -0.600. The Balaban J connectivity index is 0.000000557. The van der Waals surface area contributed by atoms with E-state index in [1.54, 1.807) is 7.11 Å². The smallest absolute Gasteiger partial charge is 0.0433 e. The SMILES string of the molecule is C=C(C)/C=C(\C)C1CCN(C)CC1.CCOC. The molecule has 2 heteroatoms. The first-order valence-corrected chi connectivity index (χ1v) is 6.52. The summed E-state index contributed by atoms with van der Waals surface area (Å²) >= 11 is 0. The molecule has 0 N–H and O–H groups in total. The van der Waals surface area contributed by atoms with E-state index in [0.717, 1.165) is 12.5 Å². The summed E-state index contributed by atoms with van der Waals surface area (Å²) in [6.45, 7) is 13.5. The summed E-state index contributed by atoms with van der Waals surface area (Å²) in [6, 6.07) is 0. The Morgan fingerprint density at radius 3 is 2.18 bits per heavy atom. The second-order valence-corrected chi connectivity index (χ2v) is 4.89. The molecule has 1 heterocycles. The van der Waals surface area contributed by atoms with Crippen molar-refractivity contribution in [1.82, 2.24) is 4.90 Å². The van der Waals surface area contributed by atoms with Crippen molar-refractivity contribution in [3.8, 4) is 0 Å². The number of hydrogen-bond donors (Lipinski definition) is 0. The largest absolute Gasteiger partial charge is 0.385 e. The maximum Gasteiger partial charge on any atom is 0.0433 e. The first-order chi connectivity index (χ1) is 8.01. The summed E-state index contributed by atoms with van der Waals surface area (Å²) in [5.74, 6) is 0.799. The van der Waals surface area contributed by atoms with E-state index in [9.17, 15) is 0 Å². The van der Waals surface area contributed by atoms with Crippen LogP contribution in [0.3, 0.4) is 0 Å². The molecule has 1 rings (SSSR count). The second kappa shape index (κ2) is 9.43. The van der Waals surface area contributed by atoms with Gasteiger partial charge >= 0.3 is 0 Å². The minimum absolute atomic E-state index is 0.799. The Morgan fingerprint density at radius 1 is 1.35 bits per heavy atom. The molecule has 1 fully saturated rings. The molecule has 17 heavy (non-hydrogen) atoms. The van der Waals surface area contributed by atoms with Gasteiger partial charge in [-0.1, -0.05) is 23.8 Å². The van der Waals surface area contributed by atoms with Gasteiger partial charge in [-0.25, -0.2) is 0 Å². The lowest BCUT2D eigenvalue weighted by Gasteiger charge is -2.29.